The van der Waals surface area contributed by atoms with Crippen molar-refractivity contribution in [2.24, 2.45) is 5.41 Å². The summed E-state index contributed by atoms with van der Waals surface area (Å²) in [7, 11) is 0. The van der Waals surface area contributed by atoms with Crippen LogP contribution in [0.5, 0.6) is 5.75 Å². The zero-order valence-corrected chi connectivity index (χ0v) is 13.4. The third-order valence-corrected chi connectivity index (χ3v) is 3.02. The first-order valence-corrected chi connectivity index (χ1v) is 7.25. The van der Waals surface area contributed by atoms with Crippen LogP contribution in [-0.2, 0) is 14.3 Å². The molecule has 0 aliphatic rings. The molecule has 1 aromatic carbocycles. The minimum Gasteiger partial charge on any atom is -0.445 e. The number of nitrogens with zero attached hydrogens (tertiary/aromatic N) is 1. The lowest BCUT2D eigenvalue weighted by Crippen LogP contribution is -2.30. The molecule has 0 saturated heterocycles. The molecule has 1 aromatic heterocycles. The van der Waals surface area contributed by atoms with Gasteiger partial charge in [0.1, 0.15) is 5.75 Å². The maximum atomic E-state index is 12.5. The fourth-order valence-electron chi connectivity index (χ4n) is 1.73. The van der Waals surface area contributed by atoms with Gasteiger partial charge in [-0.25, -0.2) is 4.79 Å². The van der Waals surface area contributed by atoms with Crippen LogP contribution in [-0.4, -0.2) is 16.9 Å². The maximum Gasteiger partial charge on any atom is 0.357 e. The third-order valence-electron chi connectivity index (χ3n) is 3.02. The van der Waals surface area contributed by atoms with Gasteiger partial charge in [0, 0.05) is 18.0 Å². The molecule has 5 heteroatoms. The van der Waals surface area contributed by atoms with E-state index < -0.39 is 23.5 Å². The molecular formula is C18H19NO4. The van der Waals surface area contributed by atoms with Crippen LogP contribution < -0.4 is 4.74 Å². The molecule has 0 aliphatic heterocycles. The lowest BCUT2D eigenvalue weighted by atomic mass is 9.97. The van der Waals surface area contributed by atoms with Crippen LogP contribution in [0.25, 0.3) is 0 Å². The smallest absolute Gasteiger partial charge is 0.357 e. The third kappa shape index (κ3) is 4.64. The van der Waals surface area contributed by atoms with Gasteiger partial charge < -0.3 is 9.47 Å². The van der Waals surface area contributed by atoms with Crippen molar-refractivity contribution in [1.82, 2.24) is 4.98 Å². The second-order valence-corrected chi connectivity index (χ2v) is 6.05. The van der Waals surface area contributed by atoms with Gasteiger partial charge in [0.15, 0.2) is 0 Å². The number of pyridine rings is 1. The first kappa shape index (κ1) is 16.7. The Morgan fingerprint density at radius 2 is 1.61 bits per heavy atom. The highest BCUT2D eigenvalue weighted by Gasteiger charge is 2.32. The predicted octanol–water partition coefficient (Wildman–Crippen LogP) is 3.32. The normalized spacial score (nSPS) is 12.3. The lowest BCUT2D eigenvalue weighted by molar-refractivity contribution is -0.169. The highest BCUT2D eigenvalue weighted by molar-refractivity contribution is 5.83. The average molecular weight is 313 g/mol. The summed E-state index contributed by atoms with van der Waals surface area (Å²) in [4.78, 5) is 28.5. The Morgan fingerprint density at radius 3 is 2.17 bits per heavy atom. The minimum absolute atomic E-state index is 0.392. The van der Waals surface area contributed by atoms with Crippen molar-refractivity contribution in [2.45, 2.75) is 26.9 Å². The van der Waals surface area contributed by atoms with E-state index in [4.69, 9.17) is 9.47 Å². The summed E-state index contributed by atoms with van der Waals surface area (Å²) >= 11 is 0. The average Bonchev–Trinajstić information content (AvgIpc) is 2.53. The number of esters is 2. The van der Waals surface area contributed by atoms with Crippen molar-refractivity contribution in [2.75, 3.05) is 0 Å². The quantitative estimate of drug-likeness (QED) is 0.640. The Labute approximate surface area is 135 Å². The monoisotopic (exact) mass is 313 g/mol. The number of carbonyl (C=O) groups is 2. The minimum atomic E-state index is -1.13. The molecule has 1 unspecified atom stereocenters. The van der Waals surface area contributed by atoms with E-state index in [1.165, 1.54) is 12.4 Å². The van der Waals surface area contributed by atoms with Crippen LogP contribution >= 0.6 is 0 Å². The van der Waals surface area contributed by atoms with E-state index in [-0.39, 0.29) is 0 Å². The predicted molar refractivity (Wildman–Crippen MR) is 84.6 cm³/mol. The highest BCUT2D eigenvalue weighted by atomic mass is 16.6. The summed E-state index contributed by atoms with van der Waals surface area (Å²) in [6.45, 7) is 5.17. The van der Waals surface area contributed by atoms with Gasteiger partial charge in [-0.15, -0.1) is 0 Å². The van der Waals surface area contributed by atoms with E-state index in [0.717, 1.165) is 0 Å². The van der Waals surface area contributed by atoms with Gasteiger partial charge >= 0.3 is 11.9 Å². The number of benzene rings is 1. The first-order chi connectivity index (χ1) is 10.9. The summed E-state index contributed by atoms with van der Waals surface area (Å²) < 4.78 is 10.7. The molecule has 0 spiro atoms. The molecule has 0 N–H and O–H groups in total. The molecule has 0 bridgehead atoms. The lowest BCUT2D eigenvalue weighted by Gasteiger charge is -2.22. The Hall–Kier alpha value is -2.69. The summed E-state index contributed by atoms with van der Waals surface area (Å²) in [5, 5.41) is 0. The molecule has 0 saturated carbocycles. The van der Waals surface area contributed by atoms with Crippen molar-refractivity contribution >= 4 is 11.9 Å². The number of ether oxygens (including phenoxy) is 2. The second kappa shape index (κ2) is 7.05. The number of carbonyl (C=O) groups excluding carboxylic acids is 2. The summed E-state index contributed by atoms with van der Waals surface area (Å²) in [6, 6.07) is 11.9. The molecule has 5 nitrogen and oxygen atoms in total. The van der Waals surface area contributed by atoms with Gasteiger partial charge in [-0.2, -0.15) is 0 Å². The number of aromatic nitrogens is 1. The fraction of sp³-hybridized carbons (Fsp3) is 0.278. The van der Waals surface area contributed by atoms with E-state index >= 15 is 0 Å². The van der Waals surface area contributed by atoms with Crippen LogP contribution in [0.1, 0.15) is 32.4 Å². The van der Waals surface area contributed by atoms with Crippen LogP contribution in [0, 0.1) is 5.41 Å². The number of para-hydroxylation sites is 1. The van der Waals surface area contributed by atoms with Crippen molar-refractivity contribution in [3.05, 3.63) is 60.4 Å². The molecule has 0 amide bonds. The van der Waals surface area contributed by atoms with Crippen molar-refractivity contribution < 1.29 is 19.1 Å². The number of hydrogen-bond acceptors (Lipinski definition) is 5. The van der Waals surface area contributed by atoms with Gasteiger partial charge in [-0.05, 0) is 45.0 Å². The topological polar surface area (TPSA) is 65.5 Å². The maximum absolute atomic E-state index is 12.5. The van der Waals surface area contributed by atoms with Crippen molar-refractivity contribution in [3.63, 3.8) is 0 Å². The molecule has 0 aliphatic carbocycles. The molecular weight excluding hydrogens is 294 g/mol. The standard InChI is InChI=1S/C18H19NO4/c1-18(2,3)17(21)23-15(13-9-11-19-12-10-13)16(20)22-14-7-5-4-6-8-14/h4-12,15H,1-3H3. The molecule has 2 aromatic rings. The van der Waals surface area contributed by atoms with E-state index in [1.807, 2.05) is 6.07 Å². The van der Waals surface area contributed by atoms with Crippen molar-refractivity contribution in [1.29, 1.82) is 0 Å². The molecule has 120 valence electrons. The van der Waals surface area contributed by atoms with Crippen LogP contribution in [0.3, 0.4) is 0 Å². The summed E-state index contributed by atoms with van der Waals surface area (Å²) in [5.41, 5.74) is -0.211. The van der Waals surface area contributed by atoms with Gasteiger partial charge in [-0.1, -0.05) is 18.2 Å². The fourth-order valence-corrected chi connectivity index (χ4v) is 1.73. The van der Waals surface area contributed by atoms with E-state index in [9.17, 15) is 9.59 Å². The Kier molecular flexibility index (Phi) is 5.11. The largest absolute Gasteiger partial charge is 0.445 e. The van der Waals surface area contributed by atoms with Crippen LogP contribution in [0.4, 0.5) is 0 Å². The van der Waals surface area contributed by atoms with E-state index in [2.05, 4.69) is 4.98 Å². The zero-order valence-electron chi connectivity index (χ0n) is 13.4. The zero-order chi connectivity index (χ0) is 16.9. The van der Waals surface area contributed by atoms with E-state index in [0.29, 0.717) is 11.3 Å². The first-order valence-electron chi connectivity index (χ1n) is 7.25. The number of rotatable bonds is 4. The van der Waals surface area contributed by atoms with Gasteiger partial charge in [0.05, 0.1) is 5.41 Å². The van der Waals surface area contributed by atoms with E-state index in [1.54, 1.807) is 57.2 Å². The number of hydrogen-bond donors (Lipinski definition) is 0. The summed E-state index contributed by atoms with van der Waals surface area (Å²) in [5.74, 6) is -0.743. The second-order valence-electron chi connectivity index (χ2n) is 6.05. The SMILES string of the molecule is CC(C)(C)C(=O)OC(C(=O)Oc1ccccc1)c1ccncc1. The van der Waals surface area contributed by atoms with Gasteiger partial charge in [0.2, 0.25) is 6.10 Å². The Balaban J connectivity index is 2.23. The molecule has 1 heterocycles. The van der Waals surface area contributed by atoms with Gasteiger partial charge in [-0.3, -0.25) is 9.78 Å². The molecule has 23 heavy (non-hydrogen) atoms. The Morgan fingerprint density at radius 1 is 1.00 bits per heavy atom. The molecule has 2 rings (SSSR count). The van der Waals surface area contributed by atoms with Crippen molar-refractivity contribution in [3.8, 4) is 5.75 Å². The van der Waals surface area contributed by atoms with Crippen LogP contribution in [0.15, 0.2) is 54.9 Å². The molecule has 1 atom stereocenters. The van der Waals surface area contributed by atoms with Gasteiger partial charge in [0.25, 0.3) is 0 Å². The molecule has 0 fully saturated rings. The molecule has 0 radical (unpaired) electrons. The summed E-state index contributed by atoms with van der Waals surface area (Å²) in [6.07, 6.45) is 1.93. The van der Waals surface area contributed by atoms with Crippen LogP contribution in [0.2, 0.25) is 0 Å². The Bertz CT molecular complexity index is 662. The highest BCUT2D eigenvalue weighted by Crippen LogP contribution is 2.25.